The number of carbonyl (C=O) groups excluding carboxylic acids is 1. The average Bonchev–Trinajstić information content (AvgIpc) is 2.37. The number of carbonyl (C=O) groups is 1. The van der Waals surface area contributed by atoms with Crippen molar-refractivity contribution in [1.82, 2.24) is 0 Å². The Morgan fingerprint density at radius 3 is 2.72 bits per heavy atom. The van der Waals surface area contributed by atoms with Crippen LogP contribution in [0, 0.1) is 5.92 Å². The third-order valence-corrected chi connectivity index (χ3v) is 5.03. The van der Waals surface area contributed by atoms with Gasteiger partial charge in [0.1, 0.15) is 5.78 Å². The first-order chi connectivity index (χ1) is 8.61. The Kier molecular flexibility index (Phi) is 5.10. The van der Waals surface area contributed by atoms with Gasteiger partial charge in [0.15, 0.2) is 0 Å². The van der Waals surface area contributed by atoms with E-state index in [2.05, 4.69) is 13.8 Å². The fraction of sp³-hybridized carbons (Fsp3) is 0.929. The molecule has 0 aromatic heterocycles. The topological polar surface area (TPSA) is 35.5 Å². The Hall–Kier alpha value is -0.0600. The molecule has 0 saturated carbocycles. The summed E-state index contributed by atoms with van der Waals surface area (Å²) in [6.07, 6.45) is 3.72. The van der Waals surface area contributed by atoms with Crippen LogP contribution in [0.3, 0.4) is 0 Å². The predicted octanol–water partition coefficient (Wildman–Crippen LogP) is 2.67. The highest BCUT2D eigenvalue weighted by atomic mass is 32.2. The van der Waals surface area contributed by atoms with Gasteiger partial charge in [-0.2, -0.15) is 11.8 Å². The average molecular weight is 272 g/mol. The normalized spacial score (nSPS) is 27.6. The molecule has 0 aromatic rings. The van der Waals surface area contributed by atoms with Crippen LogP contribution in [-0.4, -0.2) is 42.2 Å². The summed E-state index contributed by atoms with van der Waals surface area (Å²) in [7, 11) is 0. The Balaban J connectivity index is 1.87. The van der Waals surface area contributed by atoms with Crippen molar-refractivity contribution in [2.75, 3.05) is 25.6 Å². The number of ether oxygens (including phenoxy) is 2. The zero-order valence-electron chi connectivity index (χ0n) is 11.4. The summed E-state index contributed by atoms with van der Waals surface area (Å²) in [6.45, 7) is 6.58. The van der Waals surface area contributed by atoms with Gasteiger partial charge in [0.2, 0.25) is 0 Å². The van der Waals surface area contributed by atoms with E-state index in [0.717, 1.165) is 45.5 Å². The van der Waals surface area contributed by atoms with Gasteiger partial charge in [-0.1, -0.05) is 13.8 Å². The van der Waals surface area contributed by atoms with Crippen molar-refractivity contribution < 1.29 is 14.3 Å². The second kappa shape index (κ2) is 6.40. The molecule has 2 heterocycles. The van der Waals surface area contributed by atoms with E-state index in [1.54, 1.807) is 11.8 Å². The zero-order chi connectivity index (χ0) is 13.0. The minimum absolute atomic E-state index is 0.0562. The molecule has 0 radical (unpaired) electrons. The van der Waals surface area contributed by atoms with Gasteiger partial charge >= 0.3 is 0 Å². The molecule has 18 heavy (non-hydrogen) atoms. The summed E-state index contributed by atoms with van der Waals surface area (Å²) in [4.78, 5) is 12.2. The number of rotatable bonds is 4. The van der Waals surface area contributed by atoms with E-state index in [9.17, 15) is 4.79 Å². The largest absolute Gasteiger partial charge is 0.381 e. The van der Waals surface area contributed by atoms with Crippen LogP contribution in [0.2, 0.25) is 0 Å². The van der Waals surface area contributed by atoms with Crippen LogP contribution in [0.1, 0.15) is 39.5 Å². The molecule has 2 rings (SSSR count). The van der Waals surface area contributed by atoms with E-state index in [0.29, 0.717) is 16.8 Å². The fourth-order valence-electron chi connectivity index (χ4n) is 2.76. The third kappa shape index (κ3) is 3.72. The van der Waals surface area contributed by atoms with Gasteiger partial charge in [-0.05, 0) is 30.9 Å². The molecule has 4 heteroatoms. The van der Waals surface area contributed by atoms with Gasteiger partial charge < -0.3 is 9.47 Å². The molecular formula is C14H24O3S. The van der Waals surface area contributed by atoms with Crippen LogP contribution in [0.15, 0.2) is 0 Å². The number of hydrogen-bond acceptors (Lipinski definition) is 4. The molecule has 0 aliphatic carbocycles. The zero-order valence-corrected chi connectivity index (χ0v) is 12.3. The summed E-state index contributed by atoms with van der Waals surface area (Å²) >= 11 is 1.75. The van der Waals surface area contributed by atoms with E-state index < -0.39 is 0 Å². The Morgan fingerprint density at radius 2 is 2.06 bits per heavy atom. The van der Waals surface area contributed by atoms with E-state index >= 15 is 0 Å². The van der Waals surface area contributed by atoms with E-state index in [1.165, 1.54) is 0 Å². The highest BCUT2D eigenvalue weighted by Gasteiger charge is 2.40. The lowest BCUT2D eigenvalue weighted by molar-refractivity contribution is -0.155. The Bertz CT molecular complexity index is 279. The lowest BCUT2D eigenvalue weighted by Gasteiger charge is -2.42. The maximum atomic E-state index is 12.2. The monoisotopic (exact) mass is 272 g/mol. The predicted molar refractivity (Wildman–Crippen MR) is 74.1 cm³/mol. The van der Waals surface area contributed by atoms with Crippen LogP contribution in [0.5, 0.6) is 0 Å². The third-order valence-electron chi connectivity index (χ3n) is 3.91. The van der Waals surface area contributed by atoms with E-state index in [1.807, 2.05) is 0 Å². The SMILES string of the molecule is CC(C)SCC(=O)C1CCOC2(CCOCC2)C1. The molecule has 2 fully saturated rings. The molecule has 2 aliphatic rings. The number of ketones is 1. The number of thioether (sulfide) groups is 1. The van der Waals surface area contributed by atoms with Gasteiger partial charge in [0, 0.05) is 25.7 Å². The van der Waals surface area contributed by atoms with Crippen molar-refractivity contribution in [3.05, 3.63) is 0 Å². The highest BCUT2D eigenvalue weighted by Crippen LogP contribution is 2.37. The van der Waals surface area contributed by atoms with Crippen molar-refractivity contribution in [2.24, 2.45) is 5.92 Å². The molecule has 1 spiro atoms. The quantitative estimate of drug-likeness (QED) is 0.788. The molecule has 2 aliphatic heterocycles. The minimum atomic E-state index is -0.0562. The molecule has 0 aromatic carbocycles. The van der Waals surface area contributed by atoms with E-state index in [4.69, 9.17) is 9.47 Å². The Morgan fingerprint density at radius 1 is 1.33 bits per heavy atom. The van der Waals surface area contributed by atoms with Gasteiger partial charge in [-0.25, -0.2) is 0 Å². The molecule has 1 unspecified atom stereocenters. The lowest BCUT2D eigenvalue weighted by atomic mass is 9.79. The van der Waals surface area contributed by atoms with Crippen molar-refractivity contribution in [2.45, 2.75) is 50.4 Å². The van der Waals surface area contributed by atoms with Crippen molar-refractivity contribution in [3.8, 4) is 0 Å². The number of Topliss-reactive ketones (excluding diaryl/α,β-unsaturated/α-hetero) is 1. The van der Waals surface area contributed by atoms with Crippen LogP contribution < -0.4 is 0 Å². The first-order valence-electron chi connectivity index (χ1n) is 6.97. The van der Waals surface area contributed by atoms with Crippen LogP contribution in [0.4, 0.5) is 0 Å². The van der Waals surface area contributed by atoms with E-state index in [-0.39, 0.29) is 11.5 Å². The summed E-state index contributed by atoms with van der Waals surface area (Å²) in [5, 5.41) is 0.533. The maximum Gasteiger partial charge on any atom is 0.146 e. The molecule has 2 saturated heterocycles. The van der Waals surface area contributed by atoms with Crippen LogP contribution in [-0.2, 0) is 14.3 Å². The van der Waals surface area contributed by atoms with Crippen LogP contribution >= 0.6 is 11.8 Å². The molecule has 104 valence electrons. The first-order valence-corrected chi connectivity index (χ1v) is 8.02. The molecular weight excluding hydrogens is 248 g/mol. The molecule has 3 nitrogen and oxygen atoms in total. The smallest absolute Gasteiger partial charge is 0.146 e. The van der Waals surface area contributed by atoms with Gasteiger partial charge in [0.05, 0.1) is 11.4 Å². The van der Waals surface area contributed by atoms with Crippen molar-refractivity contribution in [1.29, 1.82) is 0 Å². The highest BCUT2D eigenvalue weighted by molar-refractivity contribution is 8.00. The Labute approximate surface area is 114 Å². The molecule has 0 N–H and O–H groups in total. The standard InChI is InChI=1S/C14H24O3S/c1-11(2)18-10-13(15)12-3-6-17-14(9-12)4-7-16-8-5-14/h11-12H,3-10H2,1-2H3. The summed E-state index contributed by atoms with van der Waals surface area (Å²) in [6, 6.07) is 0. The van der Waals surface area contributed by atoms with Gasteiger partial charge in [-0.15, -0.1) is 0 Å². The molecule has 0 amide bonds. The lowest BCUT2D eigenvalue weighted by Crippen LogP contribution is -2.46. The first kappa shape index (κ1) is 14.4. The maximum absolute atomic E-state index is 12.2. The minimum Gasteiger partial charge on any atom is -0.381 e. The van der Waals surface area contributed by atoms with Crippen molar-refractivity contribution in [3.63, 3.8) is 0 Å². The molecule has 0 bridgehead atoms. The van der Waals surface area contributed by atoms with Crippen molar-refractivity contribution >= 4 is 17.5 Å². The fourth-order valence-corrected chi connectivity index (χ4v) is 3.49. The number of hydrogen-bond donors (Lipinski definition) is 0. The second-order valence-electron chi connectivity index (χ2n) is 5.66. The summed E-state index contributed by atoms with van der Waals surface area (Å²) in [5.74, 6) is 1.29. The second-order valence-corrected chi connectivity index (χ2v) is 7.22. The van der Waals surface area contributed by atoms with Gasteiger partial charge in [-0.3, -0.25) is 4.79 Å². The summed E-state index contributed by atoms with van der Waals surface area (Å²) < 4.78 is 11.4. The van der Waals surface area contributed by atoms with Crippen LogP contribution in [0.25, 0.3) is 0 Å². The summed E-state index contributed by atoms with van der Waals surface area (Å²) in [5.41, 5.74) is -0.0562. The molecule has 1 atom stereocenters. The van der Waals surface area contributed by atoms with Gasteiger partial charge in [0.25, 0.3) is 0 Å².